The van der Waals surface area contributed by atoms with Gasteiger partial charge in [-0.25, -0.2) is 9.97 Å². The zero-order valence-electron chi connectivity index (χ0n) is 10.3. The summed E-state index contributed by atoms with van der Waals surface area (Å²) in [4.78, 5) is 8.32. The van der Waals surface area contributed by atoms with Crippen LogP contribution in [0.3, 0.4) is 0 Å². The van der Waals surface area contributed by atoms with E-state index in [1.54, 1.807) is 13.8 Å². The molecule has 5 nitrogen and oxygen atoms in total. The molecule has 90 valence electrons. The number of anilines is 2. The van der Waals surface area contributed by atoms with Gasteiger partial charge in [0.2, 0.25) is 0 Å². The minimum Gasteiger partial charge on any atom is -0.388 e. The molecule has 0 aliphatic heterocycles. The third-order valence-electron chi connectivity index (χ3n) is 2.69. The molecule has 4 N–H and O–H groups in total. The number of nitrogens with one attached hydrogen (secondary N) is 1. The molecule has 0 saturated heterocycles. The number of aryl methyl sites for hydroxylation is 1. The van der Waals surface area contributed by atoms with Gasteiger partial charge in [0.1, 0.15) is 17.5 Å². The quantitative estimate of drug-likeness (QED) is 0.716. The van der Waals surface area contributed by atoms with Crippen LogP contribution in [-0.2, 0) is 0 Å². The summed E-state index contributed by atoms with van der Waals surface area (Å²) in [6.45, 7) is 7.82. The maximum Gasteiger partial charge on any atom is 0.134 e. The molecule has 1 rings (SSSR count). The molecule has 1 atom stereocenters. The second kappa shape index (κ2) is 4.65. The van der Waals surface area contributed by atoms with Gasteiger partial charge in [0.25, 0.3) is 0 Å². The van der Waals surface area contributed by atoms with Crippen molar-refractivity contribution in [3.8, 4) is 0 Å². The molecule has 0 fully saturated rings. The number of hydrogen-bond acceptors (Lipinski definition) is 5. The number of hydrogen-bond donors (Lipinski definition) is 3. The highest BCUT2D eigenvalue weighted by Gasteiger charge is 2.18. The molecule has 0 spiro atoms. The van der Waals surface area contributed by atoms with Crippen LogP contribution < -0.4 is 11.1 Å². The fraction of sp³-hybridized carbons (Fsp3) is 0.636. The summed E-state index contributed by atoms with van der Waals surface area (Å²) in [7, 11) is 0. The van der Waals surface area contributed by atoms with Crippen molar-refractivity contribution >= 4 is 11.6 Å². The summed E-state index contributed by atoms with van der Waals surface area (Å²) in [5.41, 5.74) is 5.82. The largest absolute Gasteiger partial charge is 0.388 e. The first-order valence-corrected chi connectivity index (χ1v) is 5.42. The summed E-state index contributed by atoms with van der Waals surface area (Å²) >= 11 is 0. The molecular formula is C11H20N4O. The van der Waals surface area contributed by atoms with Crippen molar-refractivity contribution in [1.29, 1.82) is 0 Å². The Labute approximate surface area is 96.1 Å². The smallest absolute Gasteiger partial charge is 0.134 e. The van der Waals surface area contributed by atoms with Gasteiger partial charge in [0, 0.05) is 12.1 Å². The van der Waals surface area contributed by atoms with E-state index in [9.17, 15) is 5.11 Å². The van der Waals surface area contributed by atoms with Crippen LogP contribution in [0.5, 0.6) is 0 Å². The van der Waals surface area contributed by atoms with Crippen LogP contribution in [0.2, 0.25) is 0 Å². The Morgan fingerprint density at radius 3 is 2.56 bits per heavy atom. The lowest BCUT2D eigenvalue weighted by atomic mass is 10.0. The standard InChI is InChI=1S/C11H20N4O/c1-5-11(4,16)6-13-10-7(2)9(12)14-8(3)15-10/h16H,5-6H2,1-4H3,(H3,12,13,14,15). The van der Waals surface area contributed by atoms with Crippen molar-refractivity contribution in [2.45, 2.75) is 39.7 Å². The van der Waals surface area contributed by atoms with Crippen LogP contribution in [0.25, 0.3) is 0 Å². The van der Waals surface area contributed by atoms with E-state index in [2.05, 4.69) is 15.3 Å². The number of aromatic nitrogens is 2. The topological polar surface area (TPSA) is 84.1 Å². The van der Waals surface area contributed by atoms with Crippen molar-refractivity contribution in [1.82, 2.24) is 9.97 Å². The highest BCUT2D eigenvalue weighted by Crippen LogP contribution is 2.18. The van der Waals surface area contributed by atoms with Crippen molar-refractivity contribution < 1.29 is 5.11 Å². The van der Waals surface area contributed by atoms with Crippen molar-refractivity contribution in [3.05, 3.63) is 11.4 Å². The second-order valence-electron chi connectivity index (χ2n) is 4.33. The zero-order valence-corrected chi connectivity index (χ0v) is 10.3. The molecule has 0 bridgehead atoms. The average molecular weight is 224 g/mol. The SMILES string of the molecule is CCC(C)(O)CNc1nc(C)nc(N)c1C. The molecule has 1 aromatic rings. The van der Waals surface area contributed by atoms with E-state index in [0.717, 1.165) is 5.56 Å². The highest BCUT2D eigenvalue weighted by atomic mass is 16.3. The number of nitrogens with two attached hydrogens (primary N) is 1. The van der Waals surface area contributed by atoms with Crippen LogP contribution in [0.4, 0.5) is 11.6 Å². The first-order valence-electron chi connectivity index (χ1n) is 5.42. The van der Waals surface area contributed by atoms with Gasteiger partial charge in [-0.15, -0.1) is 0 Å². The third kappa shape index (κ3) is 3.06. The number of aliphatic hydroxyl groups is 1. The maximum absolute atomic E-state index is 9.88. The monoisotopic (exact) mass is 224 g/mol. The summed E-state index contributed by atoms with van der Waals surface area (Å²) in [5.74, 6) is 1.80. The van der Waals surface area contributed by atoms with Crippen LogP contribution in [0.1, 0.15) is 31.7 Å². The molecule has 1 heterocycles. The van der Waals surface area contributed by atoms with Gasteiger partial charge in [-0.3, -0.25) is 0 Å². The van der Waals surface area contributed by atoms with Crippen LogP contribution in [-0.4, -0.2) is 27.2 Å². The molecule has 1 unspecified atom stereocenters. The zero-order chi connectivity index (χ0) is 12.3. The van der Waals surface area contributed by atoms with E-state index in [4.69, 9.17) is 5.73 Å². The van der Waals surface area contributed by atoms with Crippen molar-refractivity contribution in [3.63, 3.8) is 0 Å². The molecule has 0 radical (unpaired) electrons. The maximum atomic E-state index is 9.88. The normalized spacial score (nSPS) is 14.6. The van der Waals surface area contributed by atoms with Gasteiger partial charge in [-0.05, 0) is 27.2 Å². The molecule has 0 aromatic carbocycles. The lowest BCUT2D eigenvalue weighted by Gasteiger charge is -2.22. The predicted octanol–water partition coefficient (Wildman–Crippen LogP) is 1.25. The van der Waals surface area contributed by atoms with Crippen LogP contribution in [0, 0.1) is 13.8 Å². The van der Waals surface area contributed by atoms with Gasteiger partial charge < -0.3 is 16.2 Å². The lowest BCUT2D eigenvalue weighted by molar-refractivity contribution is 0.0696. The first-order chi connectivity index (χ1) is 7.35. The Kier molecular flexibility index (Phi) is 3.70. The Bertz CT molecular complexity index is 376. The third-order valence-corrected chi connectivity index (χ3v) is 2.69. The van der Waals surface area contributed by atoms with Crippen molar-refractivity contribution in [2.75, 3.05) is 17.6 Å². The fourth-order valence-electron chi connectivity index (χ4n) is 1.22. The highest BCUT2D eigenvalue weighted by molar-refractivity contribution is 5.54. The minimum absolute atomic E-state index is 0.445. The number of nitrogens with zero attached hydrogens (tertiary/aromatic N) is 2. The van der Waals surface area contributed by atoms with Crippen LogP contribution >= 0.6 is 0 Å². The summed E-state index contributed by atoms with van der Waals surface area (Å²) in [5, 5.41) is 13.0. The van der Waals surface area contributed by atoms with E-state index >= 15 is 0 Å². The number of nitrogen functional groups attached to an aromatic ring is 1. The van der Waals surface area contributed by atoms with E-state index in [-0.39, 0.29) is 0 Å². The summed E-state index contributed by atoms with van der Waals surface area (Å²) in [6, 6.07) is 0. The van der Waals surface area contributed by atoms with Gasteiger partial charge in [0.15, 0.2) is 0 Å². The van der Waals surface area contributed by atoms with E-state index in [0.29, 0.717) is 30.4 Å². The summed E-state index contributed by atoms with van der Waals surface area (Å²) in [6.07, 6.45) is 0.679. The molecule has 0 aliphatic rings. The summed E-state index contributed by atoms with van der Waals surface area (Å²) < 4.78 is 0. The molecular weight excluding hydrogens is 204 g/mol. The van der Waals surface area contributed by atoms with Gasteiger partial charge in [-0.1, -0.05) is 6.92 Å². The Balaban J connectivity index is 2.82. The Morgan fingerprint density at radius 1 is 1.38 bits per heavy atom. The molecule has 16 heavy (non-hydrogen) atoms. The Hall–Kier alpha value is -1.36. The Morgan fingerprint density at radius 2 is 2.00 bits per heavy atom. The van der Waals surface area contributed by atoms with E-state index in [1.807, 2.05) is 13.8 Å². The fourth-order valence-corrected chi connectivity index (χ4v) is 1.22. The average Bonchev–Trinajstić information content (AvgIpc) is 2.21. The molecule has 1 aromatic heterocycles. The number of rotatable bonds is 4. The lowest BCUT2D eigenvalue weighted by Crippen LogP contribution is -2.33. The second-order valence-corrected chi connectivity index (χ2v) is 4.33. The van der Waals surface area contributed by atoms with Gasteiger partial charge >= 0.3 is 0 Å². The first kappa shape index (κ1) is 12.7. The van der Waals surface area contributed by atoms with E-state index < -0.39 is 5.60 Å². The molecule has 0 saturated carbocycles. The van der Waals surface area contributed by atoms with Crippen LogP contribution in [0.15, 0.2) is 0 Å². The van der Waals surface area contributed by atoms with Gasteiger partial charge in [0.05, 0.1) is 5.60 Å². The molecule has 0 amide bonds. The van der Waals surface area contributed by atoms with Crippen molar-refractivity contribution in [2.24, 2.45) is 0 Å². The van der Waals surface area contributed by atoms with E-state index in [1.165, 1.54) is 0 Å². The minimum atomic E-state index is -0.736. The predicted molar refractivity (Wildman–Crippen MR) is 65.3 cm³/mol. The molecule has 0 aliphatic carbocycles. The van der Waals surface area contributed by atoms with Gasteiger partial charge in [-0.2, -0.15) is 0 Å². The molecule has 5 heteroatoms.